The van der Waals surface area contributed by atoms with Gasteiger partial charge in [0.25, 0.3) is 5.91 Å². The van der Waals surface area contributed by atoms with Gasteiger partial charge in [0.2, 0.25) is 0 Å². The molecule has 0 spiro atoms. The highest BCUT2D eigenvalue weighted by Crippen LogP contribution is 2.35. The number of carbonyl (C=O) groups excluding carboxylic acids is 2. The van der Waals surface area contributed by atoms with E-state index in [1.165, 1.54) is 31.4 Å². The van der Waals surface area contributed by atoms with E-state index in [1.807, 2.05) is 0 Å². The summed E-state index contributed by atoms with van der Waals surface area (Å²) in [6.45, 7) is -0.192. The molecular weight excluding hydrogens is 407 g/mol. The maximum Gasteiger partial charge on any atom is 0.329 e. The van der Waals surface area contributed by atoms with E-state index in [4.69, 9.17) is 4.74 Å². The van der Waals surface area contributed by atoms with Crippen LogP contribution >= 0.6 is 15.9 Å². The molecule has 134 valence electrons. The van der Waals surface area contributed by atoms with Gasteiger partial charge >= 0.3 is 6.03 Å². The maximum absolute atomic E-state index is 13.8. The van der Waals surface area contributed by atoms with Gasteiger partial charge in [-0.25, -0.2) is 9.18 Å². The number of imide groups is 1. The van der Waals surface area contributed by atoms with Crippen LogP contribution in [-0.2, 0) is 11.3 Å². The van der Waals surface area contributed by atoms with Crippen LogP contribution in [0.2, 0.25) is 0 Å². The first kappa shape index (κ1) is 17.9. The fourth-order valence-corrected chi connectivity index (χ4v) is 2.98. The van der Waals surface area contributed by atoms with E-state index in [1.54, 1.807) is 18.2 Å². The minimum atomic E-state index is -0.661. The van der Waals surface area contributed by atoms with E-state index in [2.05, 4.69) is 21.2 Å². The largest absolute Gasteiger partial charge is 0.504 e. The molecule has 8 heteroatoms. The molecule has 0 bridgehead atoms. The molecule has 1 aliphatic heterocycles. The minimum absolute atomic E-state index is 0.0261. The molecule has 0 radical (unpaired) electrons. The summed E-state index contributed by atoms with van der Waals surface area (Å²) in [5.41, 5.74) is 0.485. The lowest BCUT2D eigenvalue weighted by molar-refractivity contribution is -0.123. The minimum Gasteiger partial charge on any atom is -0.504 e. The van der Waals surface area contributed by atoms with Gasteiger partial charge in [0.15, 0.2) is 11.5 Å². The molecule has 1 saturated heterocycles. The third kappa shape index (κ3) is 3.41. The molecule has 2 N–H and O–H groups in total. The highest BCUT2D eigenvalue weighted by molar-refractivity contribution is 9.10. The quantitative estimate of drug-likeness (QED) is 0.586. The predicted molar refractivity (Wildman–Crippen MR) is 95.8 cm³/mol. The van der Waals surface area contributed by atoms with Gasteiger partial charge in [-0.15, -0.1) is 0 Å². The lowest BCUT2D eigenvalue weighted by atomic mass is 10.1. The molecule has 26 heavy (non-hydrogen) atoms. The Morgan fingerprint density at radius 1 is 1.31 bits per heavy atom. The highest BCUT2D eigenvalue weighted by Gasteiger charge is 2.34. The van der Waals surface area contributed by atoms with Crippen LogP contribution in [0.25, 0.3) is 6.08 Å². The Bertz CT molecular complexity index is 929. The molecule has 0 unspecified atom stereocenters. The van der Waals surface area contributed by atoms with Crippen molar-refractivity contribution in [3.63, 3.8) is 0 Å². The van der Waals surface area contributed by atoms with E-state index in [9.17, 15) is 19.1 Å². The van der Waals surface area contributed by atoms with Gasteiger partial charge in [0.1, 0.15) is 11.5 Å². The van der Waals surface area contributed by atoms with Crippen molar-refractivity contribution in [1.82, 2.24) is 10.2 Å². The van der Waals surface area contributed by atoms with Crippen LogP contribution in [0.4, 0.5) is 9.18 Å². The van der Waals surface area contributed by atoms with Gasteiger partial charge in [0, 0.05) is 15.6 Å². The second-order valence-electron chi connectivity index (χ2n) is 5.52. The summed E-state index contributed by atoms with van der Waals surface area (Å²) in [6, 6.07) is 8.39. The van der Waals surface area contributed by atoms with Crippen LogP contribution in [0.3, 0.4) is 0 Å². The summed E-state index contributed by atoms with van der Waals surface area (Å²) in [7, 11) is 1.40. The number of amides is 3. The summed E-state index contributed by atoms with van der Waals surface area (Å²) >= 11 is 3.28. The Balaban J connectivity index is 1.91. The first-order chi connectivity index (χ1) is 12.4. The monoisotopic (exact) mass is 420 g/mol. The molecule has 3 amide bonds. The summed E-state index contributed by atoms with van der Waals surface area (Å²) < 4.78 is 19.5. The average molecular weight is 421 g/mol. The molecule has 0 saturated carbocycles. The molecule has 0 aliphatic carbocycles. The van der Waals surface area contributed by atoms with Crippen LogP contribution in [0.15, 0.2) is 46.6 Å². The third-order valence-electron chi connectivity index (χ3n) is 3.84. The second kappa shape index (κ2) is 7.17. The zero-order valence-corrected chi connectivity index (χ0v) is 15.2. The SMILES string of the molecule is COc1cc(Br)cc(C=C2NC(=O)N(Cc3ccccc3F)C2=O)c1O. The van der Waals surface area contributed by atoms with Crippen molar-refractivity contribution in [1.29, 1.82) is 0 Å². The number of phenols is 1. The molecule has 2 aromatic rings. The van der Waals surface area contributed by atoms with Crippen molar-refractivity contribution in [2.75, 3.05) is 7.11 Å². The molecular formula is C18H14BrFN2O4. The number of benzene rings is 2. The van der Waals surface area contributed by atoms with Crippen molar-refractivity contribution >= 4 is 33.9 Å². The molecule has 2 aromatic carbocycles. The Morgan fingerprint density at radius 3 is 2.73 bits per heavy atom. The van der Waals surface area contributed by atoms with Crippen molar-refractivity contribution in [2.45, 2.75) is 6.54 Å². The Hall–Kier alpha value is -2.87. The van der Waals surface area contributed by atoms with Crippen molar-refractivity contribution in [3.05, 3.63) is 63.5 Å². The Labute approximate surface area is 157 Å². The van der Waals surface area contributed by atoms with Gasteiger partial charge in [-0.3, -0.25) is 9.69 Å². The first-order valence-electron chi connectivity index (χ1n) is 7.55. The Kier molecular flexibility index (Phi) is 4.94. The number of carbonyl (C=O) groups is 2. The fraction of sp³-hybridized carbons (Fsp3) is 0.111. The number of phenolic OH excluding ortho intramolecular Hbond substituents is 1. The number of aromatic hydroxyl groups is 1. The lowest BCUT2D eigenvalue weighted by Crippen LogP contribution is -2.30. The number of methoxy groups -OCH3 is 1. The standard InChI is InChI=1S/C18H14BrFN2O4/c1-26-15-8-12(19)6-11(16(15)23)7-14-17(24)22(18(25)21-14)9-10-4-2-3-5-13(10)20/h2-8,23H,9H2,1H3,(H,21,25). The van der Waals surface area contributed by atoms with Gasteiger partial charge < -0.3 is 15.2 Å². The summed E-state index contributed by atoms with van der Waals surface area (Å²) in [5, 5.41) is 12.6. The van der Waals surface area contributed by atoms with E-state index in [-0.39, 0.29) is 34.9 Å². The van der Waals surface area contributed by atoms with Crippen LogP contribution in [0.1, 0.15) is 11.1 Å². The fourth-order valence-electron chi connectivity index (χ4n) is 2.53. The van der Waals surface area contributed by atoms with Crippen molar-refractivity contribution < 1.29 is 23.8 Å². The van der Waals surface area contributed by atoms with Gasteiger partial charge in [-0.2, -0.15) is 0 Å². The number of rotatable bonds is 4. The van der Waals surface area contributed by atoms with E-state index in [0.717, 1.165) is 4.90 Å². The zero-order chi connectivity index (χ0) is 18.8. The average Bonchev–Trinajstić information content (AvgIpc) is 2.87. The van der Waals surface area contributed by atoms with E-state index in [0.29, 0.717) is 4.47 Å². The number of hydrogen-bond donors (Lipinski definition) is 2. The normalized spacial score (nSPS) is 15.5. The van der Waals surface area contributed by atoms with Gasteiger partial charge in [-0.05, 0) is 24.3 Å². The van der Waals surface area contributed by atoms with Gasteiger partial charge in [0.05, 0.1) is 13.7 Å². The summed E-state index contributed by atoms with van der Waals surface area (Å²) in [4.78, 5) is 25.5. The molecule has 1 fully saturated rings. The molecule has 1 aliphatic rings. The second-order valence-corrected chi connectivity index (χ2v) is 6.43. The highest BCUT2D eigenvalue weighted by atomic mass is 79.9. The molecule has 6 nitrogen and oxygen atoms in total. The summed E-state index contributed by atoms with van der Waals surface area (Å²) in [6.07, 6.45) is 1.34. The van der Waals surface area contributed by atoms with Crippen LogP contribution in [0.5, 0.6) is 11.5 Å². The summed E-state index contributed by atoms with van der Waals surface area (Å²) in [5.74, 6) is -1.07. The van der Waals surface area contributed by atoms with E-state index >= 15 is 0 Å². The van der Waals surface area contributed by atoms with Crippen LogP contribution in [0, 0.1) is 5.82 Å². The number of urea groups is 1. The van der Waals surface area contributed by atoms with Crippen molar-refractivity contribution in [3.8, 4) is 11.5 Å². The topological polar surface area (TPSA) is 78.9 Å². The van der Waals surface area contributed by atoms with Gasteiger partial charge in [-0.1, -0.05) is 34.1 Å². The zero-order valence-electron chi connectivity index (χ0n) is 13.6. The van der Waals surface area contributed by atoms with Crippen molar-refractivity contribution in [2.24, 2.45) is 0 Å². The van der Waals surface area contributed by atoms with Crippen LogP contribution < -0.4 is 10.1 Å². The first-order valence-corrected chi connectivity index (χ1v) is 8.34. The lowest BCUT2D eigenvalue weighted by Gasteiger charge is -2.12. The predicted octanol–water partition coefficient (Wildman–Crippen LogP) is 3.40. The molecule has 3 rings (SSSR count). The molecule has 0 aromatic heterocycles. The number of halogens is 2. The molecule has 0 atom stereocenters. The van der Waals surface area contributed by atoms with E-state index < -0.39 is 17.8 Å². The number of hydrogen-bond acceptors (Lipinski definition) is 4. The number of nitrogens with zero attached hydrogens (tertiary/aromatic N) is 1. The molecule has 1 heterocycles. The smallest absolute Gasteiger partial charge is 0.329 e. The maximum atomic E-state index is 13.8. The Morgan fingerprint density at radius 2 is 2.04 bits per heavy atom. The third-order valence-corrected chi connectivity index (χ3v) is 4.30. The van der Waals surface area contributed by atoms with Crippen LogP contribution in [-0.4, -0.2) is 29.1 Å². The number of ether oxygens (including phenoxy) is 1. The number of nitrogens with one attached hydrogen (secondary N) is 1.